The summed E-state index contributed by atoms with van der Waals surface area (Å²) >= 11 is 4.89. The molecule has 0 aliphatic carbocycles. The second-order valence-electron chi connectivity index (χ2n) is 4.27. The maximum atomic E-state index is 11.7. The number of hydrogen-bond acceptors (Lipinski definition) is 5. The van der Waals surface area contributed by atoms with Crippen molar-refractivity contribution in [1.82, 2.24) is 9.97 Å². The van der Waals surface area contributed by atoms with E-state index in [4.69, 9.17) is 4.74 Å². The third-order valence-corrected chi connectivity index (χ3v) is 4.32. The van der Waals surface area contributed by atoms with Crippen LogP contribution in [0.3, 0.4) is 0 Å². The first-order chi connectivity index (χ1) is 10.2. The second kappa shape index (κ2) is 5.91. The van der Waals surface area contributed by atoms with Crippen LogP contribution >= 0.6 is 27.3 Å². The average Bonchev–Trinajstić information content (AvgIpc) is 2.96. The molecule has 0 bridgehead atoms. The van der Waals surface area contributed by atoms with Gasteiger partial charge >= 0.3 is 5.97 Å². The Morgan fingerprint density at radius 1 is 1.33 bits per heavy atom. The quantitative estimate of drug-likeness (QED) is 0.651. The number of rotatable bonds is 3. The van der Waals surface area contributed by atoms with Crippen molar-refractivity contribution in [2.24, 2.45) is 0 Å². The zero-order chi connectivity index (χ0) is 14.8. The Hall–Kier alpha value is -1.79. The summed E-state index contributed by atoms with van der Waals surface area (Å²) in [7, 11) is 0. The second-order valence-corrected chi connectivity index (χ2v) is 5.98. The van der Waals surface area contributed by atoms with Crippen LogP contribution in [0, 0.1) is 0 Å². The van der Waals surface area contributed by atoms with Crippen LogP contribution in [0.1, 0.15) is 17.4 Å². The van der Waals surface area contributed by atoms with E-state index < -0.39 is 5.97 Å². The van der Waals surface area contributed by atoms with Crippen molar-refractivity contribution in [2.45, 2.75) is 6.92 Å². The number of halogens is 1. The molecular weight excluding hydrogens is 352 g/mol. The van der Waals surface area contributed by atoms with E-state index in [-0.39, 0.29) is 0 Å². The van der Waals surface area contributed by atoms with Crippen LogP contribution < -0.4 is 0 Å². The summed E-state index contributed by atoms with van der Waals surface area (Å²) in [4.78, 5) is 20.6. The topological polar surface area (TPSA) is 52.1 Å². The first-order valence-electron chi connectivity index (χ1n) is 6.37. The molecule has 0 spiro atoms. The number of hydrogen-bond donors (Lipinski definition) is 0. The number of para-hydroxylation sites is 1. The molecule has 6 heteroatoms. The van der Waals surface area contributed by atoms with Gasteiger partial charge in [0.25, 0.3) is 0 Å². The van der Waals surface area contributed by atoms with Crippen LogP contribution in [0.2, 0.25) is 0 Å². The minimum absolute atomic E-state index is 0.318. The molecule has 1 aromatic carbocycles. The number of thiazole rings is 1. The van der Waals surface area contributed by atoms with Crippen molar-refractivity contribution < 1.29 is 9.53 Å². The average molecular weight is 363 g/mol. The number of carbonyl (C=O) groups is 1. The van der Waals surface area contributed by atoms with E-state index in [1.807, 2.05) is 30.3 Å². The van der Waals surface area contributed by atoms with Gasteiger partial charge in [-0.1, -0.05) is 18.2 Å². The van der Waals surface area contributed by atoms with Gasteiger partial charge in [-0.15, -0.1) is 11.3 Å². The van der Waals surface area contributed by atoms with Gasteiger partial charge in [0, 0.05) is 15.2 Å². The highest BCUT2D eigenvalue weighted by molar-refractivity contribution is 9.10. The zero-order valence-electron chi connectivity index (χ0n) is 11.2. The predicted molar refractivity (Wildman–Crippen MR) is 86.5 cm³/mol. The van der Waals surface area contributed by atoms with Gasteiger partial charge in [0.05, 0.1) is 12.1 Å². The normalized spacial score (nSPS) is 10.8. The van der Waals surface area contributed by atoms with Crippen molar-refractivity contribution in [2.75, 3.05) is 6.61 Å². The van der Waals surface area contributed by atoms with E-state index in [0.29, 0.717) is 17.3 Å². The monoisotopic (exact) mass is 362 g/mol. The summed E-state index contributed by atoms with van der Waals surface area (Å²) in [6, 6.07) is 9.87. The Kier molecular flexibility index (Phi) is 3.98. The molecule has 0 atom stereocenters. The summed E-state index contributed by atoms with van der Waals surface area (Å²) < 4.78 is 5.80. The minimum Gasteiger partial charge on any atom is -0.461 e. The first kappa shape index (κ1) is 14.2. The Balaban J connectivity index is 2.04. The van der Waals surface area contributed by atoms with Gasteiger partial charge in [-0.2, -0.15) is 0 Å². The number of carbonyl (C=O) groups excluding carboxylic acids is 1. The van der Waals surface area contributed by atoms with Gasteiger partial charge < -0.3 is 4.74 Å². The highest BCUT2D eigenvalue weighted by Crippen LogP contribution is 2.31. The lowest BCUT2D eigenvalue weighted by Gasteiger charge is -2.03. The van der Waals surface area contributed by atoms with E-state index in [9.17, 15) is 4.79 Å². The Labute approximate surface area is 133 Å². The maximum absolute atomic E-state index is 11.7. The summed E-state index contributed by atoms with van der Waals surface area (Å²) in [5.74, 6) is -0.406. The number of fused-ring (bicyclic) bond motifs is 1. The van der Waals surface area contributed by atoms with Gasteiger partial charge in [-0.25, -0.2) is 14.8 Å². The van der Waals surface area contributed by atoms with E-state index in [1.54, 1.807) is 12.3 Å². The van der Waals surface area contributed by atoms with Gasteiger partial charge in [0.15, 0.2) is 5.69 Å². The number of esters is 1. The van der Waals surface area contributed by atoms with E-state index >= 15 is 0 Å². The van der Waals surface area contributed by atoms with Gasteiger partial charge in [0.1, 0.15) is 10.7 Å². The fourth-order valence-corrected chi connectivity index (χ4v) is 3.37. The third kappa shape index (κ3) is 2.82. The first-order valence-corrected chi connectivity index (χ1v) is 8.04. The minimum atomic E-state index is -0.406. The SMILES string of the molecule is CCOC(=O)c1csc(-c2nc3ccccc3cc2Br)n1. The summed E-state index contributed by atoms with van der Waals surface area (Å²) in [5, 5.41) is 3.43. The van der Waals surface area contributed by atoms with Crippen molar-refractivity contribution >= 4 is 44.1 Å². The summed E-state index contributed by atoms with van der Waals surface area (Å²) in [6.07, 6.45) is 0. The van der Waals surface area contributed by atoms with Crippen molar-refractivity contribution in [1.29, 1.82) is 0 Å². The fourth-order valence-electron chi connectivity index (χ4n) is 1.92. The van der Waals surface area contributed by atoms with Crippen LogP contribution in [-0.2, 0) is 4.74 Å². The largest absolute Gasteiger partial charge is 0.461 e. The van der Waals surface area contributed by atoms with Gasteiger partial charge in [0.2, 0.25) is 0 Å². The lowest BCUT2D eigenvalue weighted by molar-refractivity contribution is 0.0520. The summed E-state index contributed by atoms with van der Waals surface area (Å²) in [6.45, 7) is 2.11. The molecule has 0 fully saturated rings. The van der Waals surface area contributed by atoms with Crippen LogP contribution in [0.25, 0.3) is 21.6 Å². The number of pyridine rings is 1. The van der Waals surface area contributed by atoms with Gasteiger partial charge in [-0.05, 0) is 35.0 Å². The molecule has 3 rings (SSSR count). The molecule has 0 radical (unpaired) electrons. The number of ether oxygens (including phenoxy) is 1. The Morgan fingerprint density at radius 3 is 2.95 bits per heavy atom. The molecule has 0 saturated heterocycles. The van der Waals surface area contributed by atoms with Crippen LogP contribution in [0.4, 0.5) is 0 Å². The molecule has 0 saturated carbocycles. The number of aromatic nitrogens is 2. The summed E-state index contributed by atoms with van der Waals surface area (Å²) in [5.41, 5.74) is 1.94. The highest BCUT2D eigenvalue weighted by Gasteiger charge is 2.15. The molecular formula is C15H11BrN2O2S. The molecule has 0 aliphatic rings. The third-order valence-electron chi connectivity index (χ3n) is 2.87. The van der Waals surface area contributed by atoms with Crippen molar-refractivity contribution in [3.63, 3.8) is 0 Å². The Morgan fingerprint density at radius 2 is 2.14 bits per heavy atom. The molecule has 3 aromatic rings. The standard InChI is InChI=1S/C15H11BrN2O2S/c1-2-20-15(19)12-8-21-14(18-12)13-10(16)7-9-5-3-4-6-11(9)17-13/h3-8H,2H2,1H3. The molecule has 0 unspecified atom stereocenters. The van der Waals surface area contributed by atoms with Crippen molar-refractivity contribution in [3.8, 4) is 10.7 Å². The number of nitrogens with zero attached hydrogens (tertiary/aromatic N) is 2. The molecule has 0 amide bonds. The fraction of sp³-hybridized carbons (Fsp3) is 0.133. The predicted octanol–water partition coefficient (Wildman–Crippen LogP) is 4.30. The molecule has 2 heterocycles. The van der Waals surface area contributed by atoms with Crippen molar-refractivity contribution in [3.05, 3.63) is 45.9 Å². The Bertz CT molecular complexity index is 816. The number of benzene rings is 1. The highest BCUT2D eigenvalue weighted by atomic mass is 79.9. The lowest BCUT2D eigenvalue weighted by atomic mass is 10.2. The van der Waals surface area contributed by atoms with Crippen LogP contribution in [-0.4, -0.2) is 22.5 Å². The maximum Gasteiger partial charge on any atom is 0.357 e. The van der Waals surface area contributed by atoms with Gasteiger partial charge in [-0.3, -0.25) is 0 Å². The molecule has 0 N–H and O–H groups in total. The van der Waals surface area contributed by atoms with E-state index in [2.05, 4.69) is 25.9 Å². The van der Waals surface area contributed by atoms with E-state index in [0.717, 1.165) is 21.1 Å². The smallest absolute Gasteiger partial charge is 0.357 e. The molecule has 4 nitrogen and oxygen atoms in total. The molecule has 106 valence electrons. The lowest BCUT2D eigenvalue weighted by Crippen LogP contribution is -2.04. The van der Waals surface area contributed by atoms with Crippen LogP contribution in [0.15, 0.2) is 40.2 Å². The molecule has 0 aliphatic heterocycles. The molecule has 21 heavy (non-hydrogen) atoms. The molecule has 2 aromatic heterocycles. The zero-order valence-corrected chi connectivity index (χ0v) is 13.6. The van der Waals surface area contributed by atoms with E-state index in [1.165, 1.54) is 11.3 Å². The van der Waals surface area contributed by atoms with Crippen LogP contribution in [0.5, 0.6) is 0 Å².